The van der Waals surface area contributed by atoms with Gasteiger partial charge in [-0.15, -0.1) is 0 Å². The molecule has 0 saturated carbocycles. The normalized spacial score (nSPS) is 19.9. The molecule has 2 aliphatic rings. The number of hydrogen-bond donors (Lipinski definition) is 1. The maximum atomic E-state index is 11.5. The number of hydrogen-bond acceptors (Lipinski definition) is 4. The molecule has 1 aromatic rings. The molecule has 0 radical (unpaired) electrons. The van der Waals surface area contributed by atoms with E-state index in [9.17, 15) is 9.59 Å². The van der Waals surface area contributed by atoms with Crippen LogP contribution in [0.5, 0.6) is 5.75 Å². The second-order valence-corrected chi connectivity index (χ2v) is 5.86. The fourth-order valence-corrected chi connectivity index (χ4v) is 3.16. The molecule has 2 heterocycles. The van der Waals surface area contributed by atoms with Crippen LogP contribution in [0.3, 0.4) is 0 Å². The molecular weight excluding hydrogens is 318 g/mol. The van der Waals surface area contributed by atoms with Gasteiger partial charge in [0.2, 0.25) is 0 Å². The van der Waals surface area contributed by atoms with E-state index in [-0.39, 0.29) is 11.1 Å². The zero-order valence-corrected chi connectivity index (χ0v) is 11.6. The Morgan fingerprint density at radius 2 is 2.22 bits per heavy atom. The van der Waals surface area contributed by atoms with Gasteiger partial charge in [0.25, 0.3) is 11.1 Å². The van der Waals surface area contributed by atoms with E-state index in [1.54, 1.807) is 6.08 Å². The molecule has 0 unspecified atom stereocenters. The van der Waals surface area contributed by atoms with Gasteiger partial charge in [-0.3, -0.25) is 14.9 Å². The maximum absolute atomic E-state index is 11.5. The highest BCUT2D eigenvalue weighted by Gasteiger charge is 2.26. The highest BCUT2D eigenvalue weighted by molar-refractivity contribution is 9.10. The first-order chi connectivity index (χ1) is 8.63. The molecule has 0 bridgehead atoms. The second-order valence-electron chi connectivity index (χ2n) is 3.93. The average Bonchev–Trinajstić information content (AvgIpc) is 2.86. The lowest BCUT2D eigenvalue weighted by Gasteiger charge is -2.05. The Morgan fingerprint density at radius 3 is 2.94 bits per heavy atom. The topological polar surface area (TPSA) is 55.4 Å². The lowest BCUT2D eigenvalue weighted by Crippen LogP contribution is -2.17. The number of benzene rings is 1. The standard InChI is InChI=1S/C12H8BrNO3S/c13-8-3-6-1-2-17-10(6)7(4-8)5-9-11(15)14-12(16)18-9/h3-5H,1-2H2,(H,14,15,16). The maximum Gasteiger partial charge on any atom is 0.290 e. The van der Waals surface area contributed by atoms with Gasteiger partial charge in [0.15, 0.2) is 0 Å². The summed E-state index contributed by atoms with van der Waals surface area (Å²) in [5, 5.41) is 1.90. The number of amides is 2. The third-order valence-electron chi connectivity index (χ3n) is 2.71. The average molecular weight is 326 g/mol. The summed E-state index contributed by atoms with van der Waals surface area (Å²) in [6, 6.07) is 3.89. The summed E-state index contributed by atoms with van der Waals surface area (Å²) in [7, 11) is 0. The lowest BCUT2D eigenvalue weighted by molar-refractivity contribution is -0.115. The summed E-state index contributed by atoms with van der Waals surface area (Å²) in [5.74, 6) is 0.454. The van der Waals surface area contributed by atoms with Crippen LogP contribution < -0.4 is 10.1 Å². The Morgan fingerprint density at radius 1 is 1.39 bits per heavy atom. The highest BCUT2D eigenvalue weighted by atomic mass is 79.9. The van der Waals surface area contributed by atoms with Gasteiger partial charge in [0.05, 0.1) is 11.5 Å². The molecule has 1 saturated heterocycles. The van der Waals surface area contributed by atoms with Crippen molar-refractivity contribution in [2.75, 3.05) is 6.61 Å². The first-order valence-electron chi connectivity index (χ1n) is 5.33. The molecule has 0 aliphatic carbocycles. The van der Waals surface area contributed by atoms with Crippen molar-refractivity contribution in [3.8, 4) is 5.75 Å². The third kappa shape index (κ3) is 2.06. The van der Waals surface area contributed by atoms with Crippen LogP contribution in [-0.2, 0) is 11.2 Å². The van der Waals surface area contributed by atoms with Gasteiger partial charge in [-0.25, -0.2) is 0 Å². The number of imide groups is 1. The highest BCUT2D eigenvalue weighted by Crippen LogP contribution is 2.36. The van der Waals surface area contributed by atoms with E-state index in [4.69, 9.17) is 4.74 Å². The van der Waals surface area contributed by atoms with Gasteiger partial charge in [-0.1, -0.05) is 15.9 Å². The molecule has 0 spiro atoms. The van der Waals surface area contributed by atoms with Gasteiger partial charge in [-0.2, -0.15) is 0 Å². The molecule has 4 nitrogen and oxygen atoms in total. The predicted octanol–water partition coefficient (Wildman–Crippen LogP) is 2.71. The minimum Gasteiger partial charge on any atom is -0.492 e. The molecule has 6 heteroatoms. The van der Waals surface area contributed by atoms with Gasteiger partial charge >= 0.3 is 0 Å². The van der Waals surface area contributed by atoms with Crippen molar-refractivity contribution < 1.29 is 14.3 Å². The molecule has 0 aromatic heterocycles. The van der Waals surface area contributed by atoms with E-state index < -0.39 is 0 Å². The van der Waals surface area contributed by atoms with Gasteiger partial charge in [0.1, 0.15) is 5.75 Å². The van der Waals surface area contributed by atoms with Crippen molar-refractivity contribution in [2.45, 2.75) is 6.42 Å². The Bertz CT molecular complexity index is 597. The second kappa shape index (κ2) is 4.44. The van der Waals surface area contributed by atoms with Crippen molar-refractivity contribution in [1.82, 2.24) is 5.32 Å². The Kier molecular flexibility index (Phi) is 2.91. The van der Waals surface area contributed by atoms with Gasteiger partial charge in [0, 0.05) is 16.5 Å². The fraction of sp³-hybridized carbons (Fsp3) is 0.167. The van der Waals surface area contributed by atoms with Crippen LogP contribution >= 0.6 is 27.7 Å². The Labute approximate surface area is 116 Å². The number of thioether (sulfide) groups is 1. The van der Waals surface area contributed by atoms with Crippen LogP contribution in [0, 0.1) is 0 Å². The largest absolute Gasteiger partial charge is 0.492 e. The quantitative estimate of drug-likeness (QED) is 0.806. The van der Waals surface area contributed by atoms with Crippen LogP contribution in [0.15, 0.2) is 21.5 Å². The number of rotatable bonds is 1. The van der Waals surface area contributed by atoms with Crippen molar-refractivity contribution in [2.24, 2.45) is 0 Å². The fourth-order valence-electron chi connectivity index (χ4n) is 1.97. The summed E-state index contributed by atoms with van der Waals surface area (Å²) in [6.07, 6.45) is 2.56. The monoisotopic (exact) mass is 325 g/mol. The van der Waals surface area contributed by atoms with Crippen LogP contribution in [0.1, 0.15) is 11.1 Å². The number of nitrogens with one attached hydrogen (secondary N) is 1. The zero-order valence-electron chi connectivity index (χ0n) is 9.16. The Balaban J connectivity index is 2.06. The van der Waals surface area contributed by atoms with E-state index in [1.807, 2.05) is 12.1 Å². The number of fused-ring (bicyclic) bond motifs is 1. The summed E-state index contributed by atoms with van der Waals surface area (Å²) in [4.78, 5) is 23.0. The van der Waals surface area contributed by atoms with Crippen molar-refractivity contribution in [3.05, 3.63) is 32.6 Å². The first-order valence-corrected chi connectivity index (χ1v) is 6.94. The Hall–Kier alpha value is -1.27. The van der Waals surface area contributed by atoms with Gasteiger partial charge < -0.3 is 4.74 Å². The third-order valence-corrected chi connectivity index (χ3v) is 3.97. The zero-order chi connectivity index (χ0) is 12.7. The molecule has 1 aromatic carbocycles. The van der Waals surface area contributed by atoms with E-state index in [1.165, 1.54) is 0 Å². The number of carbonyl (C=O) groups excluding carboxylic acids is 2. The molecule has 0 atom stereocenters. The molecule has 2 amide bonds. The summed E-state index contributed by atoms with van der Waals surface area (Å²) < 4.78 is 6.50. The lowest BCUT2D eigenvalue weighted by atomic mass is 10.1. The first kappa shape index (κ1) is 11.8. The molecule has 1 N–H and O–H groups in total. The number of carbonyl (C=O) groups is 2. The summed E-state index contributed by atoms with van der Waals surface area (Å²) >= 11 is 4.34. The molecular formula is C12H8BrNO3S. The van der Waals surface area contributed by atoms with Crippen LogP contribution in [-0.4, -0.2) is 17.8 Å². The van der Waals surface area contributed by atoms with E-state index in [0.29, 0.717) is 11.5 Å². The molecule has 1 fully saturated rings. The molecule has 92 valence electrons. The van der Waals surface area contributed by atoms with Crippen molar-refractivity contribution in [1.29, 1.82) is 0 Å². The summed E-state index contributed by atoms with van der Waals surface area (Å²) in [5.41, 5.74) is 1.94. The SMILES string of the molecule is O=C1NC(=O)C(=Cc2cc(Br)cc3c2OCC3)S1. The van der Waals surface area contributed by atoms with Gasteiger partial charge in [-0.05, 0) is 35.5 Å². The van der Waals surface area contributed by atoms with Crippen molar-refractivity contribution >= 4 is 44.9 Å². The van der Waals surface area contributed by atoms with Crippen LogP contribution in [0.4, 0.5) is 4.79 Å². The van der Waals surface area contributed by atoms with E-state index in [0.717, 1.165) is 39.5 Å². The molecule has 2 aliphatic heterocycles. The van der Waals surface area contributed by atoms with Crippen molar-refractivity contribution in [3.63, 3.8) is 0 Å². The minimum atomic E-state index is -0.350. The smallest absolute Gasteiger partial charge is 0.290 e. The van der Waals surface area contributed by atoms with Crippen LogP contribution in [0.2, 0.25) is 0 Å². The minimum absolute atomic E-state index is 0.334. The predicted molar refractivity (Wildman–Crippen MR) is 72.4 cm³/mol. The molecule has 3 rings (SSSR count). The molecule has 18 heavy (non-hydrogen) atoms. The summed E-state index contributed by atoms with van der Waals surface area (Å²) in [6.45, 7) is 0.653. The number of ether oxygens (including phenoxy) is 1. The number of halogens is 1. The van der Waals surface area contributed by atoms with Crippen LogP contribution in [0.25, 0.3) is 6.08 Å². The van der Waals surface area contributed by atoms with E-state index in [2.05, 4.69) is 21.2 Å². The van der Waals surface area contributed by atoms with E-state index >= 15 is 0 Å².